The Morgan fingerprint density at radius 1 is 0.780 bits per heavy atom. The summed E-state index contributed by atoms with van der Waals surface area (Å²) in [5, 5.41) is 3.61. The molecule has 1 aliphatic rings. The first-order valence-electron chi connectivity index (χ1n) is 14.6. The van der Waals surface area contributed by atoms with E-state index in [1.54, 1.807) is 0 Å². The van der Waals surface area contributed by atoms with Crippen LogP contribution in [-0.4, -0.2) is 11.7 Å². The fourth-order valence-electron chi connectivity index (χ4n) is 5.35. The maximum absolute atomic E-state index is 6.69. The summed E-state index contributed by atoms with van der Waals surface area (Å²) in [6.45, 7) is 14.7. The fraction of sp³-hybridized carbons (Fsp3) is 0.351. The Hall–Kier alpha value is -3.60. The van der Waals surface area contributed by atoms with Gasteiger partial charge in [0.1, 0.15) is 23.6 Å². The van der Waals surface area contributed by atoms with Gasteiger partial charge in [-0.3, -0.25) is 0 Å². The largest absolute Gasteiger partial charge is 0.485 e. The zero-order valence-corrected chi connectivity index (χ0v) is 25.2. The van der Waals surface area contributed by atoms with Gasteiger partial charge in [-0.2, -0.15) is 0 Å². The molecule has 41 heavy (non-hydrogen) atoms. The van der Waals surface area contributed by atoms with Crippen molar-refractivity contribution >= 4 is 5.69 Å². The maximum Gasteiger partial charge on any atom is 0.132 e. The van der Waals surface area contributed by atoms with Gasteiger partial charge in [-0.05, 0) is 72.2 Å². The van der Waals surface area contributed by atoms with E-state index in [1.807, 2.05) is 18.2 Å². The van der Waals surface area contributed by atoms with Gasteiger partial charge in [0.25, 0.3) is 0 Å². The Bertz CT molecular complexity index is 1440. The third kappa shape index (κ3) is 7.01. The summed E-state index contributed by atoms with van der Waals surface area (Å²) in [5.74, 6) is 0.837. The summed E-state index contributed by atoms with van der Waals surface area (Å²) in [7, 11) is 0. The molecule has 0 fully saturated rings. The second-order valence-electron chi connectivity index (χ2n) is 12.6. The number of ether oxygens (including phenoxy) is 3. The summed E-state index contributed by atoms with van der Waals surface area (Å²) in [5.41, 5.74) is 7.68. The normalized spacial score (nSPS) is 17.9. The number of benzene rings is 4. The maximum atomic E-state index is 6.69. The van der Waals surface area contributed by atoms with Gasteiger partial charge >= 0.3 is 0 Å². The van der Waals surface area contributed by atoms with E-state index in [9.17, 15) is 0 Å². The second-order valence-corrected chi connectivity index (χ2v) is 12.6. The van der Waals surface area contributed by atoms with Crippen molar-refractivity contribution in [2.45, 2.75) is 84.5 Å². The lowest BCUT2D eigenvalue weighted by molar-refractivity contribution is -0.170. The lowest BCUT2D eigenvalue weighted by Gasteiger charge is -2.44. The predicted molar refractivity (Wildman–Crippen MR) is 167 cm³/mol. The quantitative estimate of drug-likeness (QED) is 0.226. The van der Waals surface area contributed by atoms with E-state index < -0.39 is 5.60 Å². The first kappa shape index (κ1) is 28.9. The van der Waals surface area contributed by atoms with Crippen molar-refractivity contribution in [3.8, 4) is 5.75 Å². The lowest BCUT2D eigenvalue weighted by atomic mass is 9.87. The molecule has 4 nitrogen and oxygen atoms in total. The first-order chi connectivity index (χ1) is 19.6. The van der Waals surface area contributed by atoms with Crippen molar-refractivity contribution in [1.29, 1.82) is 0 Å². The van der Waals surface area contributed by atoms with Crippen molar-refractivity contribution in [2.75, 3.05) is 5.32 Å². The molecule has 0 saturated heterocycles. The minimum Gasteiger partial charge on any atom is -0.485 e. The van der Waals surface area contributed by atoms with Crippen LogP contribution in [0.15, 0.2) is 97.1 Å². The van der Waals surface area contributed by atoms with Crippen molar-refractivity contribution < 1.29 is 14.2 Å². The van der Waals surface area contributed by atoms with Gasteiger partial charge in [-0.15, -0.1) is 0 Å². The predicted octanol–water partition coefficient (Wildman–Crippen LogP) is 8.92. The second kappa shape index (κ2) is 12.1. The number of nitrogens with one attached hydrogen (secondary N) is 1. The molecule has 214 valence electrons. The van der Waals surface area contributed by atoms with E-state index in [4.69, 9.17) is 14.2 Å². The van der Waals surface area contributed by atoms with Crippen LogP contribution in [0.1, 0.15) is 74.1 Å². The minimum absolute atomic E-state index is 0.144. The van der Waals surface area contributed by atoms with Crippen LogP contribution in [0.4, 0.5) is 5.69 Å². The van der Waals surface area contributed by atoms with Gasteiger partial charge < -0.3 is 19.5 Å². The first-order valence-corrected chi connectivity index (χ1v) is 14.6. The van der Waals surface area contributed by atoms with E-state index in [-0.39, 0.29) is 17.6 Å². The highest BCUT2D eigenvalue weighted by atomic mass is 16.6. The van der Waals surface area contributed by atoms with Gasteiger partial charge in [-0.1, -0.05) is 99.6 Å². The van der Waals surface area contributed by atoms with E-state index >= 15 is 0 Å². The average molecular weight is 550 g/mol. The van der Waals surface area contributed by atoms with E-state index in [1.165, 1.54) is 22.3 Å². The third-order valence-electron chi connectivity index (χ3n) is 7.92. The van der Waals surface area contributed by atoms with Crippen molar-refractivity contribution in [3.05, 3.63) is 130 Å². The highest BCUT2D eigenvalue weighted by molar-refractivity contribution is 5.54. The van der Waals surface area contributed by atoms with Crippen LogP contribution in [0.3, 0.4) is 0 Å². The molecule has 2 atom stereocenters. The molecule has 2 unspecified atom stereocenters. The molecular formula is C37H43NO3. The third-order valence-corrected chi connectivity index (χ3v) is 7.92. The van der Waals surface area contributed by atoms with Crippen LogP contribution < -0.4 is 10.1 Å². The molecular weight excluding hydrogens is 506 g/mol. The van der Waals surface area contributed by atoms with Gasteiger partial charge in [0.05, 0.1) is 13.2 Å². The smallest absolute Gasteiger partial charge is 0.132 e. The van der Waals surface area contributed by atoms with E-state index in [0.717, 1.165) is 29.1 Å². The molecule has 4 aromatic carbocycles. The molecule has 0 aromatic heterocycles. The lowest BCUT2D eigenvalue weighted by Crippen LogP contribution is -2.51. The van der Waals surface area contributed by atoms with Crippen LogP contribution in [0.25, 0.3) is 0 Å². The van der Waals surface area contributed by atoms with Crippen LogP contribution in [-0.2, 0) is 34.6 Å². The highest BCUT2D eigenvalue weighted by Gasteiger charge is 2.45. The average Bonchev–Trinajstić information content (AvgIpc) is 2.95. The molecule has 5 rings (SSSR count). The molecule has 0 amide bonds. The Balaban J connectivity index is 1.40. The van der Waals surface area contributed by atoms with Gasteiger partial charge in [-0.25, -0.2) is 0 Å². The summed E-state index contributed by atoms with van der Waals surface area (Å²) >= 11 is 0. The number of hydrogen-bond donors (Lipinski definition) is 1. The van der Waals surface area contributed by atoms with Crippen LogP contribution in [0.5, 0.6) is 5.75 Å². The summed E-state index contributed by atoms with van der Waals surface area (Å²) in [6, 6.07) is 33.8. The van der Waals surface area contributed by atoms with Crippen molar-refractivity contribution in [2.24, 2.45) is 0 Å². The number of rotatable bonds is 9. The topological polar surface area (TPSA) is 39.7 Å². The SMILES string of the molecule is Cc1ccccc1COC1C(OCc2ccccc2)c2cc(NCc3ccc(C(C)(C)C)cc3)ccc2OC1(C)C. The van der Waals surface area contributed by atoms with Crippen molar-refractivity contribution in [1.82, 2.24) is 0 Å². The molecule has 1 N–H and O–H groups in total. The monoisotopic (exact) mass is 549 g/mol. The van der Waals surface area contributed by atoms with Crippen molar-refractivity contribution in [3.63, 3.8) is 0 Å². The van der Waals surface area contributed by atoms with Gasteiger partial charge in [0.15, 0.2) is 0 Å². The molecule has 4 heteroatoms. The minimum atomic E-state index is -0.583. The van der Waals surface area contributed by atoms with Crippen LogP contribution in [0, 0.1) is 6.92 Å². The zero-order valence-electron chi connectivity index (χ0n) is 25.2. The Kier molecular flexibility index (Phi) is 8.53. The Morgan fingerprint density at radius 2 is 1.49 bits per heavy atom. The van der Waals surface area contributed by atoms with E-state index in [0.29, 0.717) is 13.2 Å². The molecule has 0 spiro atoms. The fourth-order valence-corrected chi connectivity index (χ4v) is 5.35. The summed E-state index contributed by atoms with van der Waals surface area (Å²) in [4.78, 5) is 0. The summed E-state index contributed by atoms with van der Waals surface area (Å²) in [6.07, 6.45) is -0.607. The standard InChI is InChI=1S/C37H43NO3/c1-26-12-10-11-15-29(26)25-40-35-34(39-24-28-13-8-7-9-14-28)32-22-31(20-21-33(32)41-37(35,5)6)38-23-27-16-18-30(19-17-27)36(2,3)4/h7-22,34-35,38H,23-25H2,1-6H3. The van der Waals surface area contributed by atoms with E-state index in [2.05, 4.69) is 126 Å². The zero-order chi connectivity index (χ0) is 29.0. The highest BCUT2D eigenvalue weighted by Crippen LogP contribution is 2.45. The Labute approximate surface area is 245 Å². The van der Waals surface area contributed by atoms with Crippen LogP contribution in [0.2, 0.25) is 0 Å². The molecule has 0 saturated carbocycles. The summed E-state index contributed by atoms with van der Waals surface area (Å²) < 4.78 is 19.9. The molecule has 1 aliphatic heterocycles. The van der Waals surface area contributed by atoms with Crippen LogP contribution >= 0.6 is 0 Å². The Morgan fingerprint density at radius 3 is 2.20 bits per heavy atom. The van der Waals surface area contributed by atoms with Gasteiger partial charge in [0, 0.05) is 17.8 Å². The molecule has 0 radical (unpaired) electrons. The molecule has 1 heterocycles. The van der Waals surface area contributed by atoms with Gasteiger partial charge in [0.2, 0.25) is 0 Å². The molecule has 0 aliphatic carbocycles. The molecule has 4 aromatic rings. The number of anilines is 1. The number of hydrogen-bond acceptors (Lipinski definition) is 4. The number of aryl methyl sites for hydroxylation is 1. The number of fused-ring (bicyclic) bond motifs is 1. The molecule has 0 bridgehead atoms.